The Morgan fingerprint density at radius 2 is 2.45 bits per heavy atom. The summed E-state index contributed by atoms with van der Waals surface area (Å²) in [4.78, 5) is 29.2. The predicted octanol–water partition coefficient (Wildman–Crippen LogP) is 0.626. The van der Waals surface area contributed by atoms with Crippen molar-refractivity contribution in [2.45, 2.75) is 31.8 Å². The number of fused-ring (bicyclic) bond motifs is 1. The van der Waals surface area contributed by atoms with Crippen LogP contribution in [0.2, 0.25) is 0 Å². The highest BCUT2D eigenvalue weighted by Gasteiger charge is 2.22. The second-order valence-electron chi connectivity index (χ2n) is 5.08. The number of hydrogen-bond acceptors (Lipinski definition) is 5. The van der Waals surface area contributed by atoms with Crippen LogP contribution in [0.15, 0.2) is 22.6 Å². The van der Waals surface area contributed by atoms with E-state index >= 15 is 0 Å². The molecule has 1 aliphatic heterocycles. The smallest absolute Gasteiger partial charge is 0.271 e. The second-order valence-corrected chi connectivity index (χ2v) is 5.96. The maximum atomic E-state index is 12.2. The number of nitrogens with zero attached hydrogens (tertiary/aromatic N) is 2. The predicted molar refractivity (Wildman–Crippen MR) is 77.3 cm³/mol. The van der Waals surface area contributed by atoms with Crippen LogP contribution in [-0.4, -0.2) is 33.9 Å². The second kappa shape index (κ2) is 5.34. The fourth-order valence-corrected chi connectivity index (χ4v) is 3.18. The first-order valence-electron chi connectivity index (χ1n) is 6.64. The summed E-state index contributed by atoms with van der Waals surface area (Å²) in [5.74, 6) is -0.331. The van der Waals surface area contributed by atoms with E-state index in [9.17, 15) is 9.59 Å². The average molecular weight is 292 g/mol. The number of hydrogen-bond donors (Lipinski definition) is 2. The average Bonchev–Trinajstić information content (AvgIpc) is 2.88. The Hall–Kier alpha value is -1.73. The van der Waals surface area contributed by atoms with Crippen molar-refractivity contribution in [2.75, 3.05) is 6.54 Å². The number of amides is 1. The molecule has 0 bridgehead atoms. The molecule has 0 radical (unpaired) electrons. The van der Waals surface area contributed by atoms with Gasteiger partial charge in [0.15, 0.2) is 4.96 Å². The van der Waals surface area contributed by atoms with Crippen LogP contribution in [0.3, 0.4) is 0 Å². The summed E-state index contributed by atoms with van der Waals surface area (Å²) >= 11 is 1.37. The van der Waals surface area contributed by atoms with Gasteiger partial charge in [-0.1, -0.05) is 0 Å². The summed E-state index contributed by atoms with van der Waals surface area (Å²) in [6.07, 6.45) is 4.76. The minimum absolute atomic E-state index is 0.104. The summed E-state index contributed by atoms with van der Waals surface area (Å²) < 4.78 is 1.41. The molecule has 1 fully saturated rings. The van der Waals surface area contributed by atoms with E-state index in [4.69, 9.17) is 0 Å². The molecular weight excluding hydrogens is 276 g/mol. The van der Waals surface area contributed by atoms with E-state index in [0.717, 1.165) is 19.4 Å². The molecule has 1 saturated heterocycles. The number of rotatable bonds is 2. The molecule has 3 heterocycles. The normalized spacial score (nSPS) is 22.9. The number of carbonyl (C=O) groups is 1. The number of aromatic nitrogens is 2. The molecule has 2 aromatic heterocycles. The molecule has 7 heteroatoms. The third kappa shape index (κ3) is 2.46. The summed E-state index contributed by atoms with van der Waals surface area (Å²) in [6, 6.07) is 0.494. The lowest BCUT2D eigenvalue weighted by atomic mass is 10.0. The lowest BCUT2D eigenvalue weighted by Gasteiger charge is -2.28. The van der Waals surface area contributed by atoms with Crippen molar-refractivity contribution in [1.29, 1.82) is 0 Å². The van der Waals surface area contributed by atoms with E-state index in [-0.39, 0.29) is 23.1 Å². The van der Waals surface area contributed by atoms with Gasteiger partial charge in [-0.15, -0.1) is 11.3 Å². The lowest BCUT2D eigenvalue weighted by molar-refractivity contribution is 0.0923. The van der Waals surface area contributed by atoms with Gasteiger partial charge in [-0.3, -0.25) is 14.0 Å². The molecule has 2 N–H and O–H groups in total. The van der Waals surface area contributed by atoms with Crippen molar-refractivity contribution in [3.8, 4) is 0 Å². The van der Waals surface area contributed by atoms with Crippen molar-refractivity contribution in [2.24, 2.45) is 0 Å². The number of carbonyl (C=O) groups excluding carboxylic acids is 1. The maximum Gasteiger partial charge on any atom is 0.271 e. The maximum absolute atomic E-state index is 12.2. The van der Waals surface area contributed by atoms with Gasteiger partial charge in [-0.25, -0.2) is 4.98 Å². The Morgan fingerprint density at radius 3 is 3.25 bits per heavy atom. The van der Waals surface area contributed by atoms with E-state index in [0.29, 0.717) is 11.0 Å². The van der Waals surface area contributed by atoms with Gasteiger partial charge in [0.05, 0.1) is 0 Å². The van der Waals surface area contributed by atoms with Crippen molar-refractivity contribution >= 4 is 22.2 Å². The Kier molecular flexibility index (Phi) is 3.54. The van der Waals surface area contributed by atoms with Crippen molar-refractivity contribution in [1.82, 2.24) is 20.0 Å². The van der Waals surface area contributed by atoms with Gasteiger partial charge in [-0.2, -0.15) is 0 Å². The van der Waals surface area contributed by atoms with Crippen LogP contribution in [0, 0.1) is 0 Å². The van der Waals surface area contributed by atoms with Crippen LogP contribution in [0.25, 0.3) is 4.96 Å². The molecule has 0 aromatic carbocycles. The van der Waals surface area contributed by atoms with Crippen molar-refractivity contribution in [3.05, 3.63) is 33.7 Å². The zero-order valence-electron chi connectivity index (χ0n) is 11.1. The molecule has 2 aromatic rings. The Bertz CT molecular complexity index is 693. The highest BCUT2D eigenvalue weighted by atomic mass is 32.1. The van der Waals surface area contributed by atoms with Crippen LogP contribution in [0.1, 0.15) is 30.1 Å². The molecule has 1 aliphatic rings. The van der Waals surface area contributed by atoms with Crippen LogP contribution in [-0.2, 0) is 0 Å². The fourth-order valence-electron chi connectivity index (χ4n) is 2.51. The molecule has 20 heavy (non-hydrogen) atoms. The molecule has 6 nitrogen and oxygen atoms in total. The van der Waals surface area contributed by atoms with E-state index in [2.05, 4.69) is 22.5 Å². The number of piperidine rings is 1. The molecule has 1 amide bonds. The SMILES string of the molecule is CC1CC(NC(=O)c2cnc3sccn3c2=O)CCN1. The van der Waals surface area contributed by atoms with Crippen LogP contribution >= 0.6 is 11.3 Å². The summed E-state index contributed by atoms with van der Waals surface area (Å²) in [7, 11) is 0. The fraction of sp³-hybridized carbons (Fsp3) is 0.462. The van der Waals surface area contributed by atoms with Crippen molar-refractivity contribution in [3.63, 3.8) is 0 Å². The first kappa shape index (κ1) is 13.3. The Morgan fingerprint density at radius 1 is 1.60 bits per heavy atom. The zero-order chi connectivity index (χ0) is 14.1. The van der Waals surface area contributed by atoms with Crippen LogP contribution in [0.4, 0.5) is 0 Å². The minimum atomic E-state index is -0.331. The monoisotopic (exact) mass is 292 g/mol. The van der Waals surface area contributed by atoms with Gasteiger partial charge in [-0.05, 0) is 26.3 Å². The molecule has 2 unspecified atom stereocenters. The Labute approximate surface area is 119 Å². The Balaban J connectivity index is 1.81. The standard InChI is InChI=1S/C13H16N4O2S/c1-8-6-9(2-3-14-8)16-11(18)10-7-15-13-17(12(10)19)4-5-20-13/h4-5,7-9,14H,2-3,6H2,1H3,(H,16,18). The van der Waals surface area contributed by atoms with Gasteiger partial charge in [0.1, 0.15) is 5.56 Å². The molecule has 0 aliphatic carbocycles. The minimum Gasteiger partial charge on any atom is -0.349 e. The third-order valence-electron chi connectivity index (χ3n) is 3.55. The van der Waals surface area contributed by atoms with Gasteiger partial charge >= 0.3 is 0 Å². The molecule has 2 atom stereocenters. The van der Waals surface area contributed by atoms with Gasteiger partial charge in [0.2, 0.25) is 0 Å². The van der Waals surface area contributed by atoms with Crippen LogP contribution in [0.5, 0.6) is 0 Å². The first-order valence-corrected chi connectivity index (χ1v) is 7.52. The first-order chi connectivity index (χ1) is 9.65. The van der Waals surface area contributed by atoms with E-state index in [1.165, 1.54) is 21.9 Å². The molecule has 0 saturated carbocycles. The number of thiazole rings is 1. The third-order valence-corrected chi connectivity index (χ3v) is 4.32. The van der Waals surface area contributed by atoms with Crippen molar-refractivity contribution < 1.29 is 4.79 Å². The van der Waals surface area contributed by atoms with Gasteiger partial charge in [0.25, 0.3) is 11.5 Å². The molecular formula is C13H16N4O2S. The zero-order valence-corrected chi connectivity index (χ0v) is 11.9. The highest BCUT2D eigenvalue weighted by Crippen LogP contribution is 2.09. The van der Waals surface area contributed by atoms with Gasteiger partial charge in [0, 0.05) is 29.9 Å². The molecule has 106 valence electrons. The molecule has 3 rings (SSSR count). The summed E-state index contributed by atoms with van der Waals surface area (Å²) in [5.41, 5.74) is -0.206. The van der Waals surface area contributed by atoms with Gasteiger partial charge < -0.3 is 10.6 Å². The lowest BCUT2D eigenvalue weighted by Crippen LogP contribution is -2.47. The summed E-state index contributed by atoms with van der Waals surface area (Å²) in [6.45, 7) is 2.97. The topological polar surface area (TPSA) is 75.5 Å². The van der Waals surface area contributed by atoms with E-state index in [1.54, 1.807) is 11.6 Å². The molecule has 0 spiro atoms. The highest BCUT2D eigenvalue weighted by molar-refractivity contribution is 7.15. The van der Waals surface area contributed by atoms with Crippen LogP contribution < -0.4 is 16.2 Å². The largest absolute Gasteiger partial charge is 0.349 e. The quantitative estimate of drug-likeness (QED) is 0.851. The summed E-state index contributed by atoms with van der Waals surface area (Å²) in [5, 5.41) is 8.04. The van der Waals surface area contributed by atoms with E-state index in [1.807, 2.05) is 0 Å². The number of nitrogens with one attached hydrogen (secondary N) is 2. The van der Waals surface area contributed by atoms with E-state index < -0.39 is 0 Å².